The topological polar surface area (TPSA) is 43.3 Å². The number of nitrogens with zero attached hydrogens (tertiary/aromatic N) is 2. The van der Waals surface area contributed by atoms with Gasteiger partial charge in [-0.25, -0.2) is 4.98 Å². The Hall–Kier alpha value is -1.42. The number of pyridine rings is 1. The lowest BCUT2D eigenvalue weighted by Gasteiger charge is -1.95. The maximum absolute atomic E-state index is 5.47. The summed E-state index contributed by atoms with van der Waals surface area (Å²) in [4.78, 5) is 4.89. The number of hydrogen-bond acceptors (Lipinski definition) is 2. The minimum Gasteiger partial charge on any atom is -0.393 e. The predicted molar refractivity (Wildman–Crippen MR) is 60.4 cm³/mol. The van der Waals surface area contributed by atoms with Crippen LogP contribution in [0, 0.1) is 6.92 Å². The van der Waals surface area contributed by atoms with Crippen LogP contribution in [0.4, 0.5) is 0 Å². The molecule has 0 aliphatic rings. The molecule has 2 heterocycles. The summed E-state index contributed by atoms with van der Waals surface area (Å²) in [7, 11) is 0. The van der Waals surface area contributed by atoms with E-state index in [1.807, 2.05) is 35.7 Å². The van der Waals surface area contributed by atoms with Gasteiger partial charge in [-0.2, -0.15) is 0 Å². The number of aromatic nitrogens is 2. The summed E-state index contributed by atoms with van der Waals surface area (Å²) in [5.41, 5.74) is 8.49. The highest BCUT2D eigenvalue weighted by atomic mass is 32.1. The molecule has 3 nitrogen and oxygen atoms in total. The third kappa shape index (κ3) is 1.61. The van der Waals surface area contributed by atoms with Crippen molar-refractivity contribution in [3.05, 3.63) is 35.8 Å². The van der Waals surface area contributed by atoms with E-state index < -0.39 is 0 Å². The van der Waals surface area contributed by atoms with E-state index in [9.17, 15) is 0 Å². The van der Waals surface area contributed by atoms with Crippen molar-refractivity contribution in [1.29, 1.82) is 0 Å². The molecule has 0 unspecified atom stereocenters. The van der Waals surface area contributed by atoms with Crippen LogP contribution in [0.1, 0.15) is 11.4 Å². The molecule has 0 aromatic carbocycles. The average molecular weight is 205 g/mol. The van der Waals surface area contributed by atoms with Crippen molar-refractivity contribution >= 4 is 22.9 Å². The average Bonchev–Trinajstić information content (AvgIpc) is 2.47. The zero-order chi connectivity index (χ0) is 10.1. The second kappa shape index (κ2) is 3.38. The monoisotopic (exact) mass is 205 g/mol. The van der Waals surface area contributed by atoms with Crippen LogP contribution in [0.5, 0.6) is 0 Å². The van der Waals surface area contributed by atoms with Crippen LogP contribution < -0.4 is 5.73 Å². The number of nitrogens with two attached hydrogens (primary N) is 1. The van der Waals surface area contributed by atoms with Gasteiger partial charge in [0.1, 0.15) is 5.65 Å². The third-order valence-electron chi connectivity index (χ3n) is 2.10. The van der Waals surface area contributed by atoms with Crippen LogP contribution in [0.3, 0.4) is 0 Å². The highest BCUT2D eigenvalue weighted by molar-refractivity contribution is 7.80. The fraction of sp³-hybridized carbons (Fsp3) is 0.200. The fourth-order valence-corrected chi connectivity index (χ4v) is 1.61. The maximum Gasteiger partial charge on any atom is 0.137 e. The van der Waals surface area contributed by atoms with Crippen molar-refractivity contribution in [3.63, 3.8) is 0 Å². The lowest BCUT2D eigenvalue weighted by molar-refractivity contribution is 1.09. The van der Waals surface area contributed by atoms with Gasteiger partial charge < -0.3 is 10.1 Å². The van der Waals surface area contributed by atoms with Gasteiger partial charge in [-0.3, -0.25) is 0 Å². The van der Waals surface area contributed by atoms with E-state index in [4.69, 9.17) is 18.0 Å². The Bertz CT molecular complexity index is 487. The van der Waals surface area contributed by atoms with Crippen LogP contribution in [0.15, 0.2) is 24.4 Å². The zero-order valence-electron chi connectivity index (χ0n) is 7.90. The number of imidazole rings is 1. The Morgan fingerprint density at radius 1 is 1.57 bits per heavy atom. The molecule has 0 saturated heterocycles. The molecule has 2 aromatic rings. The first-order valence-corrected chi connectivity index (χ1v) is 4.79. The Balaban J connectivity index is 2.51. The van der Waals surface area contributed by atoms with E-state index in [1.165, 1.54) is 0 Å². The predicted octanol–water partition coefficient (Wildman–Crippen LogP) is 1.47. The number of hydrogen-bond donors (Lipinski definition) is 1. The summed E-state index contributed by atoms with van der Waals surface area (Å²) in [6.45, 7) is 2.04. The van der Waals surface area contributed by atoms with Gasteiger partial charge in [0.25, 0.3) is 0 Å². The summed E-state index contributed by atoms with van der Waals surface area (Å²) in [5.74, 6) is 0. The lowest BCUT2D eigenvalue weighted by atomic mass is 10.3. The number of thiocarbonyl (C=S) groups is 1. The van der Waals surface area contributed by atoms with Crippen molar-refractivity contribution in [2.45, 2.75) is 13.3 Å². The largest absolute Gasteiger partial charge is 0.393 e. The van der Waals surface area contributed by atoms with Gasteiger partial charge in [0, 0.05) is 18.3 Å². The zero-order valence-corrected chi connectivity index (χ0v) is 8.71. The van der Waals surface area contributed by atoms with Gasteiger partial charge in [-0.05, 0) is 19.1 Å². The molecule has 0 amide bonds. The molecule has 0 bridgehead atoms. The van der Waals surface area contributed by atoms with Crippen molar-refractivity contribution in [2.24, 2.45) is 5.73 Å². The first kappa shape index (κ1) is 9.15. The van der Waals surface area contributed by atoms with E-state index in [2.05, 4.69) is 4.98 Å². The second-order valence-corrected chi connectivity index (χ2v) is 3.80. The van der Waals surface area contributed by atoms with Crippen LogP contribution in [0.25, 0.3) is 5.65 Å². The van der Waals surface area contributed by atoms with Gasteiger partial charge >= 0.3 is 0 Å². The first-order valence-electron chi connectivity index (χ1n) is 4.39. The Labute approximate surface area is 87.6 Å². The van der Waals surface area contributed by atoms with Gasteiger partial charge in [-0.1, -0.05) is 18.3 Å². The third-order valence-corrected chi connectivity index (χ3v) is 2.25. The number of rotatable bonds is 2. The number of aryl methyl sites for hydroxylation is 1. The molecule has 14 heavy (non-hydrogen) atoms. The molecule has 0 aliphatic carbocycles. The summed E-state index contributed by atoms with van der Waals surface area (Å²) in [6.07, 6.45) is 2.54. The molecule has 0 atom stereocenters. The summed E-state index contributed by atoms with van der Waals surface area (Å²) in [5, 5.41) is 0. The molecule has 0 saturated carbocycles. The van der Waals surface area contributed by atoms with Gasteiger partial charge in [0.15, 0.2) is 0 Å². The van der Waals surface area contributed by atoms with Crippen LogP contribution in [-0.4, -0.2) is 14.4 Å². The molecule has 72 valence electrons. The molecule has 2 N–H and O–H groups in total. The lowest BCUT2D eigenvalue weighted by Crippen LogP contribution is -2.11. The molecule has 0 aliphatic heterocycles. The molecular weight excluding hydrogens is 194 g/mol. The summed E-state index contributed by atoms with van der Waals surface area (Å²) >= 11 is 4.84. The maximum atomic E-state index is 5.47. The molecule has 2 rings (SSSR count). The van der Waals surface area contributed by atoms with Crippen molar-refractivity contribution in [1.82, 2.24) is 9.38 Å². The van der Waals surface area contributed by atoms with Crippen LogP contribution in [0.2, 0.25) is 0 Å². The van der Waals surface area contributed by atoms with E-state index in [-0.39, 0.29) is 0 Å². The molecule has 2 aromatic heterocycles. The van der Waals surface area contributed by atoms with E-state index >= 15 is 0 Å². The Morgan fingerprint density at radius 2 is 2.36 bits per heavy atom. The normalized spacial score (nSPS) is 10.6. The number of fused-ring (bicyclic) bond motifs is 1. The molecular formula is C10H11N3S. The smallest absolute Gasteiger partial charge is 0.137 e. The highest BCUT2D eigenvalue weighted by Crippen LogP contribution is 2.08. The molecule has 4 heteroatoms. The first-order chi connectivity index (χ1) is 6.66. The van der Waals surface area contributed by atoms with Gasteiger partial charge in [0.2, 0.25) is 0 Å². The fourth-order valence-electron chi connectivity index (χ4n) is 1.46. The van der Waals surface area contributed by atoms with Crippen molar-refractivity contribution in [2.75, 3.05) is 0 Å². The standard InChI is InChI=1S/C10H11N3S/c1-7-3-2-4-10-12-8(5-9(11)14)6-13(7)10/h2-4,6H,5H2,1H3,(H2,11,14). The Morgan fingerprint density at radius 3 is 3.00 bits per heavy atom. The molecule has 0 fully saturated rings. The minimum atomic E-state index is 0.478. The summed E-state index contributed by atoms with van der Waals surface area (Å²) < 4.78 is 2.04. The summed E-state index contributed by atoms with van der Waals surface area (Å²) in [6, 6.07) is 6.00. The Kier molecular flexibility index (Phi) is 2.21. The molecule has 0 radical (unpaired) electrons. The quantitative estimate of drug-likeness (QED) is 0.755. The van der Waals surface area contributed by atoms with E-state index in [0.29, 0.717) is 11.4 Å². The van der Waals surface area contributed by atoms with Gasteiger partial charge in [0.05, 0.1) is 10.7 Å². The molecule has 0 spiro atoms. The van der Waals surface area contributed by atoms with E-state index in [0.717, 1.165) is 17.0 Å². The van der Waals surface area contributed by atoms with Crippen LogP contribution >= 0.6 is 12.2 Å². The van der Waals surface area contributed by atoms with Gasteiger partial charge in [-0.15, -0.1) is 0 Å². The second-order valence-electron chi connectivity index (χ2n) is 3.27. The van der Waals surface area contributed by atoms with Crippen molar-refractivity contribution in [3.8, 4) is 0 Å². The SMILES string of the molecule is Cc1cccc2nc(CC(N)=S)cn12. The minimum absolute atomic E-state index is 0.478. The highest BCUT2D eigenvalue weighted by Gasteiger charge is 2.03. The van der Waals surface area contributed by atoms with Crippen molar-refractivity contribution < 1.29 is 0 Å². The van der Waals surface area contributed by atoms with Crippen LogP contribution in [-0.2, 0) is 6.42 Å². The van der Waals surface area contributed by atoms with E-state index in [1.54, 1.807) is 0 Å².